The SMILES string of the molecule is COc1ccccc1CCNC(=O)CCNc1ccc(OC)c(OC)c1. The third-order valence-corrected chi connectivity index (χ3v) is 3.97. The number of nitrogens with one attached hydrogen (secondary N) is 2. The smallest absolute Gasteiger partial charge is 0.221 e. The van der Waals surface area contributed by atoms with Crippen molar-refractivity contribution in [3.05, 3.63) is 48.0 Å². The Morgan fingerprint density at radius 1 is 0.885 bits per heavy atom. The van der Waals surface area contributed by atoms with Crippen LogP contribution in [-0.2, 0) is 11.2 Å². The van der Waals surface area contributed by atoms with E-state index in [1.807, 2.05) is 42.5 Å². The summed E-state index contributed by atoms with van der Waals surface area (Å²) in [6.45, 7) is 1.12. The predicted molar refractivity (Wildman–Crippen MR) is 102 cm³/mol. The quantitative estimate of drug-likeness (QED) is 0.683. The molecule has 0 fully saturated rings. The lowest BCUT2D eigenvalue weighted by Crippen LogP contribution is -2.27. The number of hydrogen-bond acceptors (Lipinski definition) is 5. The molecule has 2 aromatic carbocycles. The minimum Gasteiger partial charge on any atom is -0.496 e. The molecular formula is C20H26N2O4. The first kappa shape index (κ1) is 19.4. The second kappa shape index (κ2) is 10.2. The molecule has 0 saturated carbocycles. The van der Waals surface area contributed by atoms with Crippen LogP contribution in [0.3, 0.4) is 0 Å². The lowest BCUT2D eigenvalue weighted by molar-refractivity contribution is -0.120. The average Bonchev–Trinajstić information content (AvgIpc) is 2.68. The highest BCUT2D eigenvalue weighted by Crippen LogP contribution is 2.29. The van der Waals surface area contributed by atoms with Gasteiger partial charge in [0.15, 0.2) is 11.5 Å². The first-order valence-electron chi connectivity index (χ1n) is 8.52. The van der Waals surface area contributed by atoms with Gasteiger partial charge in [0.2, 0.25) is 5.91 Å². The summed E-state index contributed by atoms with van der Waals surface area (Å²) in [6.07, 6.45) is 1.12. The Labute approximate surface area is 154 Å². The Bertz CT molecular complexity index is 719. The highest BCUT2D eigenvalue weighted by molar-refractivity contribution is 5.76. The van der Waals surface area contributed by atoms with Gasteiger partial charge in [-0.3, -0.25) is 4.79 Å². The zero-order valence-electron chi connectivity index (χ0n) is 15.5. The molecule has 2 rings (SSSR count). The molecule has 0 saturated heterocycles. The van der Waals surface area contributed by atoms with Crippen LogP contribution in [-0.4, -0.2) is 40.3 Å². The summed E-state index contributed by atoms with van der Waals surface area (Å²) in [4.78, 5) is 12.0. The van der Waals surface area contributed by atoms with Crippen LogP contribution in [0.25, 0.3) is 0 Å². The van der Waals surface area contributed by atoms with Crippen LogP contribution < -0.4 is 24.8 Å². The maximum Gasteiger partial charge on any atom is 0.221 e. The fraction of sp³-hybridized carbons (Fsp3) is 0.350. The van der Waals surface area contributed by atoms with E-state index in [0.29, 0.717) is 31.0 Å². The molecule has 0 radical (unpaired) electrons. The van der Waals surface area contributed by atoms with Crippen LogP contribution in [0.15, 0.2) is 42.5 Å². The molecule has 0 atom stereocenters. The molecule has 2 aromatic rings. The number of rotatable bonds is 10. The summed E-state index contributed by atoms with van der Waals surface area (Å²) < 4.78 is 15.8. The molecule has 6 heteroatoms. The van der Waals surface area contributed by atoms with Gasteiger partial charge in [-0.2, -0.15) is 0 Å². The van der Waals surface area contributed by atoms with Gasteiger partial charge in [-0.05, 0) is 30.2 Å². The topological polar surface area (TPSA) is 68.8 Å². The van der Waals surface area contributed by atoms with Crippen molar-refractivity contribution >= 4 is 11.6 Å². The van der Waals surface area contributed by atoms with Gasteiger partial charge in [0.05, 0.1) is 21.3 Å². The van der Waals surface area contributed by atoms with Crippen LogP contribution in [0, 0.1) is 0 Å². The fourth-order valence-electron chi connectivity index (χ4n) is 2.60. The molecule has 0 aliphatic heterocycles. The van der Waals surface area contributed by atoms with Gasteiger partial charge in [0.1, 0.15) is 5.75 Å². The summed E-state index contributed by atoms with van der Waals surface area (Å²) in [7, 11) is 4.84. The van der Waals surface area contributed by atoms with Crippen molar-refractivity contribution in [1.29, 1.82) is 0 Å². The molecule has 0 aliphatic rings. The minimum atomic E-state index is 0.00729. The molecule has 140 valence electrons. The van der Waals surface area contributed by atoms with E-state index in [-0.39, 0.29) is 5.91 Å². The molecule has 1 amide bonds. The summed E-state index contributed by atoms with van der Waals surface area (Å²) in [5.74, 6) is 2.18. The number of anilines is 1. The number of carbonyl (C=O) groups excluding carboxylic acids is 1. The minimum absolute atomic E-state index is 0.00729. The molecule has 6 nitrogen and oxygen atoms in total. The number of hydrogen-bond donors (Lipinski definition) is 2. The average molecular weight is 358 g/mol. The lowest BCUT2D eigenvalue weighted by Gasteiger charge is -2.12. The molecule has 26 heavy (non-hydrogen) atoms. The Hall–Kier alpha value is -2.89. The van der Waals surface area contributed by atoms with E-state index in [9.17, 15) is 4.79 Å². The van der Waals surface area contributed by atoms with Crippen LogP contribution in [0.5, 0.6) is 17.2 Å². The Morgan fingerprint density at radius 2 is 1.62 bits per heavy atom. The zero-order valence-corrected chi connectivity index (χ0v) is 15.5. The Morgan fingerprint density at radius 3 is 2.35 bits per heavy atom. The van der Waals surface area contributed by atoms with E-state index in [1.165, 1.54) is 0 Å². The van der Waals surface area contributed by atoms with Gasteiger partial charge >= 0.3 is 0 Å². The van der Waals surface area contributed by atoms with Crippen LogP contribution in [0.4, 0.5) is 5.69 Å². The van der Waals surface area contributed by atoms with E-state index >= 15 is 0 Å². The summed E-state index contributed by atoms with van der Waals surface area (Å²) in [5, 5.41) is 6.14. The van der Waals surface area contributed by atoms with E-state index in [2.05, 4.69) is 10.6 Å². The molecule has 0 unspecified atom stereocenters. The number of methoxy groups -OCH3 is 3. The van der Waals surface area contributed by atoms with E-state index < -0.39 is 0 Å². The molecular weight excluding hydrogens is 332 g/mol. The van der Waals surface area contributed by atoms with Gasteiger partial charge in [-0.15, -0.1) is 0 Å². The third-order valence-electron chi connectivity index (χ3n) is 3.97. The van der Waals surface area contributed by atoms with Crippen molar-refractivity contribution in [3.63, 3.8) is 0 Å². The van der Waals surface area contributed by atoms with E-state index in [1.54, 1.807) is 21.3 Å². The van der Waals surface area contributed by atoms with Crippen molar-refractivity contribution in [2.24, 2.45) is 0 Å². The van der Waals surface area contributed by atoms with Gasteiger partial charge < -0.3 is 24.8 Å². The van der Waals surface area contributed by atoms with Crippen molar-refractivity contribution in [3.8, 4) is 17.2 Å². The number of carbonyl (C=O) groups is 1. The van der Waals surface area contributed by atoms with Gasteiger partial charge in [0, 0.05) is 31.3 Å². The maximum absolute atomic E-state index is 12.0. The van der Waals surface area contributed by atoms with Crippen LogP contribution in [0.2, 0.25) is 0 Å². The van der Waals surface area contributed by atoms with Crippen LogP contribution in [0.1, 0.15) is 12.0 Å². The predicted octanol–water partition coefficient (Wildman–Crippen LogP) is 2.87. The van der Waals surface area contributed by atoms with E-state index in [0.717, 1.165) is 23.4 Å². The number of para-hydroxylation sites is 1. The number of ether oxygens (including phenoxy) is 3. The highest BCUT2D eigenvalue weighted by Gasteiger charge is 2.06. The summed E-state index contributed by atoms with van der Waals surface area (Å²) in [6, 6.07) is 13.4. The largest absolute Gasteiger partial charge is 0.496 e. The molecule has 0 spiro atoms. The number of benzene rings is 2. The molecule has 0 bridgehead atoms. The van der Waals surface area contributed by atoms with Gasteiger partial charge in [-0.25, -0.2) is 0 Å². The normalized spacial score (nSPS) is 10.1. The first-order valence-corrected chi connectivity index (χ1v) is 8.52. The molecule has 2 N–H and O–H groups in total. The first-order chi connectivity index (χ1) is 12.7. The summed E-state index contributed by atoms with van der Waals surface area (Å²) >= 11 is 0. The lowest BCUT2D eigenvalue weighted by atomic mass is 10.1. The standard InChI is InChI=1S/C20H26N2O4/c1-24-17-7-5-4-6-15(17)10-12-22-20(23)11-13-21-16-8-9-18(25-2)19(14-16)26-3/h4-9,14,21H,10-13H2,1-3H3,(H,22,23). The van der Waals surface area contributed by atoms with Gasteiger partial charge in [-0.1, -0.05) is 18.2 Å². The maximum atomic E-state index is 12.0. The van der Waals surface area contributed by atoms with Crippen molar-refractivity contribution in [1.82, 2.24) is 5.32 Å². The van der Waals surface area contributed by atoms with Crippen molar-refractivity contribution < 1.29 is 19.0 Å². The van der Waals surface area contributed by atoms with Gasteiger partial charge in [0.25, 0.3) is 0 Å². The highest BCUT2D eigenvalue weighted by atomic mass is 16.5. The van der Waals surface area contributed by atoms with Crippen molar-refractivity contribution in [2.75, 3.05) is 39.7 Å². The monoisotopic (exact) mass is 358 g/mol. The number of amides is 1. The summed E-state index contributed by atoms with van der Waals surface area (Å²) in [5.41, 5.74) is 1.96. The molecule has 0 heterocycles. The molecule has 0 aliphatic carbocycles. The second-order valence-corrected chi connectivity index (χ2v) is 5.66. The van der Waals surface area contributed by atoms with Crippen molar-refractivity contribution in [2.45, 2.75) is 12.8 Å². The van der Waals surface area contributed by atoms with Crippen LogP contribution >= 0.6 is 0 Å². The zero-order chi connectivity index (χ0) is 18.8. The third kappa shape index (κ3) is 5.58. The fourth-order valence-corrected chi connectivity index (χ4v) is 2.60. The van der Waals surface area contributed by atoms with E-state index in [4.69, 9.17) is 14.2 Å². The Kier molecular flexibility index (Phi) is 7.61. The Balaban J connectivity index is 1.72. The second-order valence-electron chi connectivity index (χ2n) is 5.66. The molecule has 0 aromatic heterocycles.